The van der Waals surface area contributed by atoms with Gasteiger partial charge in [0.15, 0.2) is 0 Å². The molecule has 0 saturated carbocycles. The first-order valence-electron chi connectivity index (χ1n) is 9.06. The normalized spacial score (nSPS) is 22.5. The van der Waals surface area contributed by atoms with E-state index in [0.717, 1.165) is 41.2 Å². The topological polar surface area (TPSA) is 61.5 Å². The van der Waals surface area contributed by atoms with Gasteiger partial charge in [-0.15, -0.1) is 0 Å². The second kappa shape index (κ2) is 6.81. The summed E-state index contributed by atoms with van der Waals surface area (Å²) in [7, 11) is 4.13. The predicted octanol–water partition coefficient (Wildman–Crippen LogP) is 3.32. The molecule has 2 N–H and O–H groups in total. The van der Waals surface area contributed by atoms with Gasteiger partial charge in [0.1, 0.15) is 5.76 Å². The van der Waals surface area contributed by atoms with E-state index in [1.54, 1.807) is 0 Å². The molecule has 0 spiro atoms. The van der Waals surface area contributed by atoms with Crippen molar-refractivity contribution in [3.8, 4) is 0 Å². The number of aliphatic hydroxyl groups is 1. The Balaban J connectivity index is 2.25. The molecule has 1 aliphatic heterocycles. The second-order valence-electron chi connectivity index (χ2n) is 7.53. The minimum Gasteiger partial charge on any atom is -0.396 e. The summed E-state index contributed by atoms with van der Waals surface area (Å²) >= 11 is 0. The average molecular weight is 343 g/mol. The van der Waals surface area contributed by atoms with Gasteiger partial charge in [-0.2, -0.15) is 0 Å². The van der Waals surface area contributed by atoms with Crippen molar-refractivity contribution in [2.24, 2.45) is 0 Å². The van der Waals surface area contributed by atoms with Gasteiger partial charge in [-0.1, -0.05) is 44.1 Å². The van der Waals surface area contributed by atoms with Gasteiger partial charge in [0, 0.05) is 29.6 Å². The van der Waals surface area contributed by atoms with Gasteiger partial charge in [0.25, 0.3) is 0 Å². The summed E-state index contributed by atoms with van der Waals surface area (Å²) in [4.78, 5) is 2.16. The Kier molecular flexibility index (Phi) is 4.89. The van der Waals surface area contributed by atoms with Crippen molar-refractivity contribution in [3.05, 3.63) is 46.8 Å². The predicted molar refractivity (Wildman–Crippen MR) is 100 cm³/mol. The molecule has 1 aromatic carbocycles. The van der Waals surface area contributed by atoms with Crippen molar-refractivity contribution < 1.29 is 9.63 Å². The lowest BCUT2D eigenvalue weighted by atomic mass is 9.75. The lowest BCUT2D eigenvalue weighted by Gasteiger charge is -2.38. The number of nitrogens with one attached hydrogen (secondary N) is 1. The highest BCUT2D eigenvalue weighted by atomic mass is 16.5. The molecular weight excluding hydrogens is 314 g/mol. The number of hydrogen-bond donors (Lipinski definition) is 2. The van der Waals surface area contributed by atoms with Crippen LogP contribution in [0.2, 0.25) is 0 Å². The molecule has 2 atom stereocenters. The van der Waals surface area contributed by atoms with E-state index in [0.29, 0.717) is 0 Å². The van der Waals surface area contributed by atoms with Gasteiger partial charge >= 0.3 is 0 Å². The number of aliphatic hydroxyl groups excluding tert-OH is 1. The molecule has 0 saturated heterocycles. The van der Waals surface area contributed by atoms with E-state index in [1.165, 1.54) is 0 Å². The molecule has 1 aromatic heterocycles. The molecular formula is C20H29N3O2. The lowest BCUT2D eigenvalue weighted by Crippen LogP contribution is -2.47. The highest BCUT2D eigenvalue weighted by molar-refractivity contribution is 5.65. The second-order valence-corrected chi connectivity index (χ2v) is 7.53. The first-order chi connectivity index (χ1) is 11.9. The third-order valence-electron chi connectivity index (χ3n) is 5.13. The number of benzene rings is 1. The van der Waals surface area contributed by atoms with Gasteiger partial charge in [0.2, 0.25) is 0 Å². The zero-order valence-electron chi connectivity index (χ0n) is 15.8. The van der Waals surface area contributed by atoms with E-state index >= 15 is 0 Å². The zero-order chi connectivity index (χ0) is 18.2. The minimum absolute atomic E-state index is 0.0479. The van der Waals surface area contributed by atoms with Crippen LogP contribution in [0.25, 0.3) is 0 Å². The fourth-order valence-corrected chi connectivity index (χ4v) is 4.18. The fraction of sp³-hybridized carbons (Fsp3) is 0.550. The van der Waals surface area contributed by atoms with Gasteiger partial charge < -0.3 is 19.8 Å². The first-order valence-corrected chi connectivity index (χ1v) is 9.06. The van der Waals surface area contributed by atoms with E-state index in [-0.39, 0.29) is 18.4 Å². The average Bonchev–Trinajstić information content (AvgIpc) is 3.13. The van der Waals surface area contributed by atoms with Crippen molar-refractivity contribution in [1.29, 1.82) is 0 Å². The van der Waals surface area contributed by atoms with Crippen LogP contribution in [0.3, 0.4) is 0 Å². The first kappa shape index (κ1) is 18.0. The molecule has 0 radical (unpaired) electrons. The highest BCUT2D eigenvalue weighted by Gasteiger charge is 2.51. The van der Waals surface area contributed by atoms with E-state index in [1.807, 2.05) is 12.1 Å². The van der Waals surface area contributed by atoms with Crippen LogP contribution in [-0.2, 0) is 12.0 Å². The number of nitrogens with zero attached hydrogens (tertiary/aromatic N) is 2. The van der Waals surface area contributed by atoms with Crippen molar-refractivity contribution in [1.82, 2.24) is 10.1 Å². The molecule has 0 amide bonds. The van der Waals surface area contributed by atoms with Gasteiger partial charge in [-0.3, -0.25) is 0 Å². The maximum atomic E-state index is 10.3. The number of rotatable bonds is 6. The van der Waals surface area contributed by atoms with Crippen LogP contribution in [0.5, 0.6) is 0 Å². The van der Waals surface area contributed by atoms with Crippen LogP contribution in [0.4, 0.5) is 5.69 Å². The molecule has 136 valence electrons. The van der Waals surface area contributed by atoms with Gasteiger partial charge in [-0.25, -0.2) is 0 Å². The molecule has 5 nitrogen and oxygen atoms in total. The maximum Gasteiger partial charge on any atom is 0.145 e. The molecule has 0 fully saturated rings. The number of likely N-dealkylation sites (N-methyl/N-ethyl adjacent to an activating group) is 1. The largest absolute Gasteiger partial charge is 0.396 e. The van der Waals surface area contributed by atoms with Crippen molar-refractivity contribution in [3.63, 3.8) is 0 Å². The smallest absolute Gasteiger partial charge is 0.145 e. The highest BCUT2D eigenvalue weighted by Crippen LogP contribution is 2.51. The summed E-state index contributed by atoms with van der Waals surface area (Å²) in [5.41, 5.74) is 3.89. The fourth-order valence-electron chi connectivity index (χ4n) is 4.18. The van der Waals surface area contributed by atoms with Crippen molar-refractivity contribution in [2.45, 2.75) is 44.6 Å². The Labute approximate surface area is 150 Å². The van der Waals surface area contributed by atoms with E-state index in [4.69, 9.17) is 4.52 Å². The van der Waals surface area contributed by atoms with E-state index in [9.17, 15) is 5.11 Å². The van der Waals surface area contributed by atoms with E-state index in [2.05, 4.69) is 62.4 Å². The molecule has 2 heterocycles. The summed E-state index contributed by atoms with van der Waals surface area (Å²) < 4.78 is 5.77. The molecule has 25 heavy (non-hydrogen) atoms. The quantitative estimate of drug-likeness (QED) is 0.842. The molecule has 5 heteroatoms. The Morgan fingerprint density at radius 1 is 1.32 bits per heavy atom. The number of fused-ring (bicyclic) bond motifs is 1. The summed E-state index contributed by atoms with van der Waals surface area (Å²) in [5.74, 6) is 1.09. The molecule has 1 aliphatic rings. The number of para-hydroxylation sites is 1. The van der Waals surface area contributed by atoms with Crippen LogP contribution in [0.1, 0.15) is 55.2 Å². The summed E-state index contributed by atoms with van der Waals surface area (Å²) in [6.07, 6.45) is 0.802. The molecule has 0 bridgehead atoms. The number of aromatic nitrogens is 1. The Morgan fingerprint density at radius 3 is 2.64 bits per heavy atom. The number of anilines is 1. The molecule has 2 aromatic rings. The zero-order valence-corrected chi connectivity index (χ0v) is 15.8. The standard InChI is InChI=1S/C20H29N3O2/c1-6-16-18(19(13(2)3)25-22-16)20(12-23(4)5)15(11-24)14-9-7-8-10-17(14)21-20/h7-10,13,15,21,24H,6,11-12H2,1-5H3. The Bertz CT molecular complexity index is 738. The van der Waals surface area contributed by atoms with Crippen LogP contribution in [0, 0.1) is 0 Å². The number of aryl methyl sites for hydroxylation is 1. The van der Waals surface area contributed by atoms with Crippen LogP contribution >= 0.6 is 0 Å². The summed E-state index contributed by atoms with van der Waals surface area (Å²) in [6, 6.07) is 8.26. The third kappa shape index (κ3) is 2.85. The van der Waals surface area contributed by atoms with Gasteiger partial charge in [0.05, 0.1) is 17.8 Å². The summed E-state index contributed by atoms with van der Waals surface area (Å²) in [5, 5.41) is 18.5. The van der Waals surface area contributed by atoms with Crippen LogP contribution in [-0.4, -0.2) is 42.4 Å². The Hall–Kier alpha value is -1.85. The minimum atomic E-state index is -0.452. The van der Waals surface area contributed by atoms with E-state index < -0.39 is 5.54 Å². The summed E-state index contributed by atoms with van der Waals surface area (Å²) in [6.45, 7) is 7.18. The molecule has 3 rings (SSSR count). The van der Waals surface area contributed by atoms with Crippen LogP contribution < -0.4 is 5.32 Å². The van der Waals surface area contributed by atoms with Gasteiger partial charge in [-0.05, 0) is 32.1 Å². The lowest BCUT2D eigenvalue weighted by molar-refractivity contribution is 0.191. The van der Waals surface area contributed by atoms with Crippen molar-refractivity contribution in [2.75, 3.05) is 32.6 Å². The third-order valence-corrected chi connectivity index (χ3v) is 5.13. The number of hydrogen-bond acceptors (Lipinski definition) is 5. The molecule has 0 aliphatic carbocycles. The SMILES string of the molecule is CCc1noc(C(C)C)c1C1(CN(C)C)Nc2ccccc2C1CO. The van der Waals surface area contributed by atoms with Crippen LogP contribution in [0.15, 0.2) is 28.8 Å². The monoisotopic (exact) mass is 343 g/mol. The Morgan fingerprint density at radius 2 is 2.04 bits per heavy atom. The van der Waals surface area contributed by atoms with Crippen molar-refractivity contribution >= 4 is 5.69 Å². The maximum absolute atomic E-state index is 10.3. The molecule has 2 unspecified atom stereocenters.